The maximum absolute atomic E-state index is 12.9. The minimum absolute atomic E-state index is 0.0604. The van der Waals surface area contributed by atoms with Crippen molar-refractivity contribution in [1.82, 2.24) is 15.2 Å². The third-order valence-corrected chi connectivity index (χ3v) is 6.20. The molecule has 138 valence electrons. The fourth-order valence-corrected chi connectivity index (χ4v) is 4.86. The van der Waals surface area contributed by atoms with E-state index >= 15 is 0 Å². The molecular weight excluding hydrogens is 382 g/mol. The van der Waals surface area contributed by atoms with E-state index in [1.165, 1.54) is 0 Å². The first-order valence-electron chi connectivity index (χ1n) is 9.02. The topological polar surface area (TPSA) is 54.5 Å². The summed E-state index contributed by atoms with van der Waals surface area (Å²) in [4.78, 5) is 20.2. The number of carbonyl (C=O) groups is 1. The van der Waals surface area contributed by atoms with E-state index in [0.717, 1.165) is 58.8 Å². The van der Waals surface area contributed by atoms with Gasteiger partial charge in [0.05, 0.1) is 0 Å². The number of aromatic nitrogens is 1. The number of piperazine rings is 1. The van der Waals surface area contributed by atoms with Gasteiger partial charge in [-0.3, -0.25) is 4.79 Å². The lowest BCUT2D eigenvalue weighted by Gasteiger charge is -2.29. The summed E-state index contributed by atoms with van der Waals surface area (Å²) in [5.41, 5.74) is 2.96. The number of nitrogens with one attached hydrogen (secondary N) is 1. The minimum Gasteiger partial charge on any atom is -0.479 e. The summed E-state index contributed by atoms with van der Waals surface area (Å²) in [5, 5.41) is 7.04. The average Bonchev–Trinajstić information content (AvgIpc) is 3.34. The maximum Gasteiger partial charge on any atom is 0.264 e. The SMILES string of the molecule is O=C(C1Cc2cc(Cl)cc(-c3ccnc4sccc34)c2O1)N1CCNCC1. The summed E-state index contributed by atoms with van der Waals surface area (Å²) >= 11 is 8.01. The molecule has 0 saturated carbocycles. The second-order valence-electron chi connectivity index (χ2n) is 6.83. The monoisotopic (exact) mass is 399 g/mol. The van der Waals surface area contributed by atoms with Crippen LogP contribution in [0.5, 0.6) is 5.75 Å². The van der Waals surface area contributed by atoms with Crippen molar-refractivity contribution in [2.24, 2.45) is 0 Å². The predicted octanol–water partition coefficient (Wildman–Crippen LogP) is 3.35. The fourth-order valence-electron chi connectivity index (χ4n) is 3.86. The molecular formula is C20H18ClN3O2S. The van der Waals surface area contributed by atoms with Gasteiger partial charge in [0.1, 0.15) is 10.6 Å². The molecule has 1 fully saturated rings. The summed E-state index contributed by atoms with van der Waals surface area (Å²) in [6.07, 6.45) is 1.89. The lowest BCUT2D eigenvalue weighted by Crippen LogP contribution is -2.50. The van der Waals surface area contributed by atoms with Crippen molar-refractivity contribution >= 4 is 39.1 Å². The average molecular weight is 400 g/mol. The Kier molecular flexibility index (Phi) is 4.27. The molecule has 1 aromatic carbocycles. The highest BCUT2D eigenvalue weighted by Crippen LogP contribution is 2.43. The van der Waals surface area contributed by atoms with Crippen LogP contribution in [0.1, 0.15) is 5.56 Å². The van der Waals surface area contributed by atoms with Gasteiger partial charge in [-0.15, -0.1) is 11.3 Å². The first-order chi connectivity index (χ1) is 13.2. The van der Waals surface area contributed by atoms with Crippen LogP contribution in [0.4, 0.5) is 0 Å². The molecule has 1 amide bonds. The molecule has 5 rings (SSSR count). The molecule has 2 aliphatic heterocycles. The molecule has 2 aromatic heterocycles. The standard InChI is InChI=1S/C20H18ClN3O2S/c21-13-9-12-10-17(20(25)24-6-4-22-5-7-24)26-18(12)16(11-13)14-1-3-23-19-15(14)2-8-27-19/h1-3,8-9,11,17,22H,4-7,10H2. The molecule has 0 bridgehead atoms. The Morgan fingerprint density at radius 1 is 1.26 bits per heavy atom. The number of rotatable bonds is 2. The van der Waals surface area contributed by atoms with Crippen LogP contribution < -0.4 is 10.1 Å². The van der Waals surface area contributed by atoms with E-state index in [9.17, 15) is 4.79 Å². The van der Waals surface area contributed by atoms with Gasteiger partial charge in [0.15, 0.2) is 6.10 Å². The number of halogens is 1. The van der Waals surface area contributed by atoms with Gasteiger partial charge >= 0.3 is 0 Å². The number of pyridine rings is 1. The zero-order valence-electron chi connectivity index (χ0n) is 14.6. The number of hydrogen-bond acceptors (Lipinski definition) is 5. The van der Waals surface area contributed by atoms with E-state index in [0.29, 0.717) is 11.4 Å². The van der Waals surface area contributed by atoms with E-state index in [-0.39, 0.29) is 5.91 Å². The summed E-state index contributed by atoms with van der Waals surface area (Å²) in [6.45, 7) is 3.11. The summed E-state index contributed by atoms with van der Waals surface area (Å²) < 4.78 is 6.20. The van der Waals surface area contributed by atoms with Crippen molar-refractivity contribution in [3.05, 3.63) is 46.4 Å². The Morgan fingerprint density at radius 2 is 2.11 bits per heavy atom. The highest BCUT2D eigenvalue weighted by Gasteiger charge is 2.35. The number of amides is 1. The molecule has 0 radical (unpaired) electrons. The smallest absolute Gasteiger partial charge is 0.264 e. The predicted molar refractivity (Wildman–Crippen MR) is 108 cm³/mol. The Hall–Kier alpha value is -2.15. The minimum atomic E-state index is -0.477. The van der Waals surface area contributed by atoms with Crippen LogP contribution in [-0.2, 0) is 11.2 Å². The molecule has 4 heterocycles. The number of hydrogen-bond donors (Lipinski definition) is 1. The number of fused-ring (bicyclic) bond motifs is 2. The highest BCUT2D eigenvalue weighted by molar-refractivity contribution is 7.16. The van der Waals surface area contributed by atoms with E-state index in [4.69, 9.17) is 16.3 Å². The van der Waals surface area contributed by atoms with Crippen LogP contribution in [0, 0.1) is 0 Å². The second kappa shape index (κ2) is 6.78. The number of benzene rings is 1. The zero-order chi connectivity index (χ0) is 18.4. The van der Waals surface area contributed by atoms with Crippen molar-refractivity contribution in [2.45, 2.75) is 12.5 Å². The van der Waals surface area contributed by atoms with Gasteiger partial charge in [-0.1, -0.05) is 11.6 Å². The lowest BCUT2D eigenvalue weighted by molar-refractivity contribution is -0.138. The molecule has 0 aliphatic carbocycles. The molecule has 2 aliphatic rings. The van der Waals surface area contributed by atoms with Gasteiger partial charge in [-0.2, -0.15) is 0 Å². The molecule has 5 nitrogen and oxygen atoms in total. The van der Waals surface area contributed by atoms with Crippen LogP contribution in [0.3, 0.4) is 0 Å². The van der Waals surface area contributed by atoms with E-state index in [1.807, 2.05) is 28.5 Å². The van der Waals surface area contributed by atoms with Crippen LogP contribution in [0.25, 0.3) is 21.3 Å². The molecule has 1 saturated heterocycles. The molecule has 27 heavy (non-hydrogen) atoms. The maximum atomic E-state index is 12.9. The third-order valence-electron chi connectivity index (χ3n) is 5.16. The van der Waals surface area contributed by atoms with Crippen molar-refractivity contribution in [2.75, 3.05) is 26.2 Å². The van der Waals surface area contributed by atoms with Crippen molar-refractivity contribution in [3.63, 3.8) is 0 Å². The Labute approximate surface area is 165 Å². The Morgan fingerprint density at radius 3 is 2.96 bits per heavy atom. The molecule has 1 atom stereocenters. The van der Waals surface area contributed by atoms with E-state index in [1.54, 1.807) is 17.5 Å². The van der Waals surface area contributed by atoms with Gasteiger partial charge in [0, 0.05) is 60.3 Å². The molecule has 7 heteroatoms. The largest absolute Gasteiger partial charge is 0.479 e. The van der Waals surface area contributed by atoms with Crippen LogP contribution in [-0.4, -0.2) is 48.1 Å². The van der Waals surface area contributed by atoms with E-state index in [2.05, 4.69) is 16.4 Å². The summed E-state index contributed by atoms with van der Waals surface area (Å²) in [7, 11) is 0. The van der Waals surface area contributed by atoms with Gasteiger partial charge in [0.25, 0.3) is 5.91 Å². The first kappa shape index (κ1) is 17.0. The van der Waals surface area contributed by atoms with Crippen molar-refractivity contribution in [1.29, 1.82) is 0 Å². The molecule has 0 spiro atoms. The quantitative estimate of drug-likeness (QED) is 0.718. The summed E-state index contributed by atoms with van der Waals surface area (Å²) in [6, 6.07) is 7.88. The Bertz CT molecular complexity index is 1030. The first-order valence-corrected chi connectivity index (χ1v) is 10.3. The van der Waals surface area contributed by atoms with Crippen molar-refractivity contribution in [3.8, 4) is 16.9 Å². The zero-order valence-corrected chi connectivity index (χ0v) is 16.1. The van der Waals surface area contributed by atoms with Gasteiger partial charge in [-0.05, 0) is 35.2 Å². The summed E-state index contributed by atoms with van der Waals surface area (Å²) in [5.74, 6) is 0.830. The van der Waals surface area contributed by atoms with Crippen LogP contribution >= 0.6 is 22.9 Å². The number of carbonyl (C=O) groups excluding carboxylic acids is 1. The highest BCUT2D eigenvalue weighted by atomic mass is 35.5. The van der Waals surface area contributed by atoms with Gasteiger partial charge in [-0.25, -0.2) is 4.98 Å². The lowest BCUT2D eigenvalue weighted by atomic mass is 9.99. The molecule has 1 unspecified atom stereocenters. The normalized spacial score (nSPS) is 19.1. The van der Waals surface area contributed by atoms with Gasteiger partial charge < -0.3 is 15.0 Å². The van der Waals surface area contributed by atoms with Crippen LogP contribution in [0.15, 0.2) is 35.8 Å². The molecule has 1 N–H and O–H groups in total. The van der Waals surface area contributed by atoms with Crippen LogP contribution in [0.2, 0.25) is 5.02 Å². The fraction of sp³-hybridized carbons (Fsp3) is 0.300. The van der Waals surface area contributed by atoms with E-state index < -0.39 is 6.10 Å². The van der Waals surface area contributed by atoms with Gasteiger partial charge in [0.2, 0.25) is 0 Å². The number of nitrogens with zero attached hydrogens (tertiary/aromatic N) is 2. The Balaban J connectivity index is 1.53. The number of ether oxygens (including phenoxy) is 1. The molecule has 3 aromatic rings. The third kappa shape index (κ3) is 2.98. The number of thiophene rings is 1. The second-order valence-corrected chi connectivity index (χ2v) is 8.16. The van der Waals surface area contributed by atoms with Crippen molar-refractivity contribution < 1.29 is 9.53 Å².